The van der Waals surface area contributed by atoms with Crippen LogP contribution in [0.5, 0.6) is 0 Å². The molecule has 19 heavy (non-hydrogen) atoms. The SMILES string of the molecule is CCOCCCCNC(=O)CC1CC2CCC(C1)N2. The second-order valence-corrected chi connectivity index (χ2v) is 5.93. The van der Waals surface area contributed by atoms with E-state index in [4.69, 9.17) is 4.74 Å². The summed E-state index contributed by atoms with van der Waals surface area (Å²) in [6, 6.07) is 1.37. The smallest absolute Gasteiger partial charge is 0.220 e. The number of fused-ring (bicyclic) bond motifs is 2. The van der Waals surface area contributed by atoms with Gasteiger partial charge in [0.1, 0.15) is 0 Å². The standard InChI is InChI=1S/C15H28N2O2/c1-2-19-8-4-3-7-16-15(18)11-12-9-13-5-6-14(10-12)17-13/h12-14,17H,2-11H2,1H3,(H,16,18). The number of rotatable bonds is 8. The van der Waals surface area contributed by atoms with Crippen molar-refractivity contribution in [1.82, 2.24) is 10.6 Å². The van der Waals surface area contributed by atoms with Crippen LogP contribution >= 0.6 is 0 Å². The van der Waals surface area contributed by atoms with E-state index in [0.29, 0.717) is 18.0 Å². The minimum absolute atomic E-state index is 0.239. The number of hydrogen-bond donors (Lipinski definition) is 2. The molecule has 110 valence electrons. The third kappa shape index (κ3) is 5.11. The molecule has 2 N–H and O–H groups in total. The Morgan fingerprint density at radius 1 is 1.26 bits per heavy atom. The molecule has 2 aliphatic rings. The number of unbranched alkanes of at least 4 members (excludes halogenated alkanes) is 1. The van der Waals surface area contributed by atoms with Crippen LogP contribution in [0.4, 0.5) is 0 Å². The summed E-state index contributed by atoms with van der Waals surface area (Å²) in [5.41, 5.74) is 0. The van der Waals surface area contributed by atoms with E-state index in [-0.39, 0.29) is 5.91 Å². The maximum absolute atomic E-state index is 11.9. The highest BCUT2D eigenvalue weighted by molar-refractivity contribution is 5.76. The first-order valence-electron chi connectivity index (χ1n) is 7.88. The Labute approximate surface area is 116 Å². The van der Waals surface area contributed by atoms with Gasteiger partial charge in [-0.05, 0) is 51.4 Å². The third-order valence-corrected chi connectivity index (χ3v) is 4.29. The molecule has 2 unspecified atom stereocenters. The van der Waals surface area contributed by atoms with Crippen molar-refractivity contribution in [3.8, 4) is 0 Å². The summed E-state index contributed by atoms with van der Waals surface area (Å²) in [5, 5.41) is 6.66. The Morgan fingerprint density at radius 3 is 2.68 bits per heavy atom. The molecule has 2 atom stereocenters. The summed E-state index contributed by atoms with van der Waals surface area (Å²) >= 11 is 0. The monoisotopic (exact) mass is 268 g/mol. The summed E-state index contributed by atoms with van der Waals surface area (Å²) in [5.74, 6) is 0.838. The first-order valence-corrected chi connectivity index (χ1v) is 7.88. The average molecular weight is 268 g/mol. The lowest BCUT2D eigenvalue weighted by Crippen LogP contribution is -2.39. The molecule has 0 radical (unpaired) electrons. The molecule has 2 saturated heterocycles. The van der Waals surface area contributed by atoms with Crippen molar-refractivity contribution in [2.24, 2.45) is 5.92 Å². The Hall–Kier alpha value is -0.610. The van der Waals surface area contributed by atoms with Crippen LogP contribution in [0.1, 0.15) is 51.9 Å². The number of piperidine rings is 1. The Morgan fingerprint density at radius 2 is 2.00 bits per heavy atom. The van der Waals surface area contributed by atoms with Crippen molar-refractivity contribution in [3.63, 3.8) is 0 Å². The molecule has 4 nitrogen and oxygen atoms in total. The van der Waals surface area contributed by atoms with Crippen LogP contribution in [-0.2, 0) is 9.53 Å². The van der Waals surface area contributed by atoms with Crippen molar-refractivity contribution in [2.45, 2.75) is 64.0 Å². The maximum Gasteiger partial charge on any atom is 0.220 e. The van der Waals surface area contributed by atoms with Gasteiger partial charge in [-0.1, -0.05) is 0 Å². The zero-order valence-corrected chi connectivity index (χ0v) is 12.1. The van der Waals surface area contributed by atoms with E-state index in [1.165, 1.54) is 25.7 Å². The first kappa shape index (κ1) is 14.8. The molecule has 0 spiro atoms. The van der Waals surface area contributed by atoms with Gasteiger partial charge in [-0.15, -0.1) is 0 Å². The zero-order chi connectivity index (χ0) is 13.5. The molecule has 1 amide bonds. The van der Waals surface area contributed by atoms with E-state index in [1.54, 1.807) is 0 Å². The fourth-order valence-corrected chi connectivity index (χ4v) is 3.38. The third-order valence-electron chi connectivity index (χ3n) is 4.29. The van der Waals surface area contributed by atoms with Gasteiger partial charge in [0.2, 0.25) is 5.91 Å². The molecule has 2 aliphatic heterocycles. The molecule has 2 fully saturated rings. The summed E-state index contributed by atoms with van der Waals surface area (Å²) < 4.78 is 5.27. The molecule has 2 bridgehead atoms. The van der Waals surface area contributed by atoms with Crippen LogP contribution in [0.3, 0.4) is 0 Å². The number of hydrogen-bond acceptors (Lipinski definition) is 3. The molecule has 0 aromatic carbocycles. The molecule has 0 aromatic heterocycles. The Kier molecular flexibility index (Phi) is 6.11. The summed E-state index contributed by atoms with van der Waals surface area (Å²) in [6.07, 6.45) is 7.76. The van der Waals surface area contributed by atoms with Gasteiger partial charge >= 0.3 is 0 Å². The number of ether oxygens (including phenoxy) is 1. The topological polar surface area (TPSA) is 50.4 Å². The summed E-state index contributed by atoms with van der Waals surface area (Å²) in [7, 11) is 0. The number of carbonyl (C=O) groups excluding carboxylic acids is 1. The van der Waals surface area contributed by atoms with Gasteiger partial charge in [0.25, 0.3) is 0 Å². The van der Waals surface area contributed by atoms with Crippen LogP contribution in [0.15, 0.2) is 0 Å². The highest BCUT2D eigenvalue weighted by Gasteiger charge is 2.33. The van der Waals surface area contributed by atoms with Crippen molar-refractivity contribution in [1.29, 1.82) is 0 Å². The van der Waals surface area contributed by atoms with Crippen molar-refractivity contribution >= 4 is 5.91 Å². The van der Waals surface area contributed by atoms with Gasteiger partial charge in [-0.2, -0.15) is 0 Å². The highest BCUT2D eigenvalue weighted by Crippen LogP contribution is 2.32. The van der Waals surface area contributed by atoms with Crippen LogP contribution < -0.4 is 10.6 Å². The van der Waals surface area contributed by atoms with Gasteiger partial charge in [0.05, 0.1) is 0 Å². The fraction of sp³-hybridized carbons (Fsp3) is 0.933. The van der Waals surface area contributed by atoms with Gasteiger partial charge in [0.15, 0.2) is 0 Å². The second kappa shape index (κ2) is 7.85. The van der Waals surface area contributed by atoms with Crippen LogP contribution in [0, 0.1) is 5.92 Å². The number of carbonyl (C=O) groups is 1. The van der Waals surface area contributed by atoms with Crippen molar-refractivity contribution < 1.29 is 9.53 Å². The largest absolute Gasteiger partial charge is 0.382 e. The predicted octanol–water partition coefficient (Wildman–Crippen LogP) is 1.84. The summed E-state index contributed by atoms with van der Waals surface area (Å²) in [4.78, 5) is 11.9. The lowest BCUT2D eigenvalue weighted by atomic mass is 9.89. The van der Waals surface area contributed by atoms with Crippen molar-refractivity contribution in [2.75, 3.05) is 19.8 Å². The van der Waals surface area contributed by atoms with Crippen LogP contribution in [0.2, 0.25) is 0 Å². The Bertz CT molecular complexity index is 271. The zero-order valence-electron chi connectivity index (χ0n) is 12.1. The van der Waals surface area contributed by atoms with Crippen molar-refractivity contribution in [3.05, 3.63) is 0 Å². The minimum Gasteiger partial charge on any atom is -0.382 e. The number of amides is 1. The molecule has 2 heterocycles. The average Bonchev–Trinajstić information content (AvgIpc) is 2.73. The normalized spacial score (nSPS) is 29.4. The van der Waals surface area contributed by atoms with Gasteiger partial charge in [-0.25, -0.2) is 0 Å². The highest BCUT2D eigenvalue weighted by atomic mass is 16.5. The minimum atomic E-state index is 0.239. The van der Waals surface area contributed by atoms with E-state index in [0.717, 1.165) is 39.0 Å². The van der Waals surface area contributed by atoms with E-state index < -0.39 is 0 Å². The van der Waals surface area contributed by atoms with Gasteiger partial charge < -0.3 is 15.4 Å². The molecular weight excluding hydrogens is 240 g/mol. The van der Waals surface area contributed by atoms with Gasteiger partial charge in [-0.3, -0.25) is 4.79 Å². The van der Waals surface area contributed by atoms with E-state index in [9.17, 15) is 4.79 Å². The van der Waals surface area contributed by atoms with Crippen LogP contribution in [0.25, 0.3) is 0 Å². The van der Waals surface area contributed by atoms with Gasteiger partial charge in [0, 0.05) is 38.3 Å². The van der Waals surface area contributed by atoms with E-state index in [2.05, 4.69) is 10.6 Å². The second-order valence-electron chi connectivity index (χ2n) is 5.93. The van der Waals surface area contributed by atoms with Crippen LogP contribution in [-0.4, -0.2) is 37.7 Å². The maximum atomic E-state index is 11.9. The fourth-order valence-electron chi connectivity index (χ4n) is 3.38. The summed E-state index contributed by atoms with van der Waals surface area (Å²) in [6.45, 7) is 4.39. The molecule has 2 rings (SSSR count). The molecule has 4 heteroatoms. The predicted molar refractivity (Wildman–Crippen MR) is 76.0 cm³/mol. The molecule has 0 saturated carbocycles. The Balaban J connectivity index is 1.52. The lowest BCUT2D eigenvalue weighted by molar-refractivity contribution is -0.122. The molecular formula is C15H28N2O2. The lowest BCUT2D eigenvalue weighted by Gasteiger charge is -2.28. The van der Waals surface area contributed by atoms with E-state index >= 15 is 0 Å². The molecule has 0 aliphatic carbocycles. The first-order chi connectivity index (χ1) is 9.28. The number of nitrogens with one attached hydrogen (secondary N) is 2. The molecule has 0 aromatic rings. The van der Waals surface area contributed by atoms with E-state index in [1.807, 2.05) is 6.92 Å². The quantitative estimate of drug-likeness (QED) is 0.660.